The summed E-state index contributed by atoms with van der Waals surface area (Å²) in [6.07, 6.45) is 0. The van der Waals surface area contributed by atoms with Crippen LogP contribution in [-0.2, 0) is 0 Å². The molecule has 1 heterocycles. The van der Waals surface area contributed by atoms with Crippen molar-refractivity contribution in [2.45, 2.75) is 6.92 Å². The zero-order chi connectivity index (χ0) is 17.1. The molecule has 2 aromatic carbocycles. The molecule has 0 bridgehead atoms. The van der Waals surface area contributed by atoms with Crippen molar-refractivity contribution in [1.82, 2.24) is 5.16 Å². The molecule has 0 spiro atoms. The zero-order valence-corrected chi connectivity index (χ0v) is 12.7. The standard InChI is InChI=1S/C17H13N3O4/c1-11-5-7-12(8-6-11)15-10-16(24-19-15)17(21)18-13-3-2-4-14(9-13)20(22)23/h2-10H,1H3,(H,18,21). The second-order valence-electron chi connectivity index (χ2n) is 5.20. The molecule has 3 rings (SSSR count). The van der Waals surface area contributed by atoms with Gasteiger partial charge in [-0.3, -0.25) is 14.9 Å². The SMILES string of the molecule is Cc1ccc(-c2cc(C(=O)Nc3cccc([N+](=O)[O-])c3)on2)cc1. The van der Waals surface area contributed by atoms with Gasteiger partial charge in [0.1, 0.15) is 5.69 Å². The molecule has 0 aliphatic rings. The van der Waals surface area contributed by atoms with Crippen LogP contribution in [0, 0.1) is 17.0 Å². The Morgan fingerprint density at radius 1 is 1.17 bits per heavy atom. The minimum Gasteiger partial charge on any atom is -0.350 e. The monoisotopic (exact) mass is 323 g/mol. The summed E-state index contributed by atoms with van der Waals surface area (Å²) in [6.45, 7) is 1.98. The number of hydrogen-bond donors (Lipinski definition) is 1. The van der Waals surface area contributed by atoms with Gasteiger partial charge in [-0.05, 0) is 13.0 Å². The highest BCUT2D eigenvalue weighted by molar-refractivity contribution is 6.02. The second-order valence-corrected chi connectivity index (χ2v) is 5.20. The number of benzene rings is 2. The summed E-state index contributed by atoms with van der Waals surface area (Å²) >= 11 is 0. The van der Waals surface area contributed by atoms with E-state index in [1.165, 1.54) is 24.3 Å². The first-order valence-corrected chi connectivity index (χ1v) is 7.12. The molecular formula is C17H13N3O4. The van der Waals surface area contributed by atoms with E-state index in [-0.39, 0.29) is 11.4 Å². The fraction of sp³-hybridized carbons (Fsp3) is 0.0588. The number of rotatable bonds is 4. The third-order valence-electron chi connectivity index (χ3n) is 3.40. The number of aryl methyl sites for hydroxylation is 1. The zero-order valence-electron chi connectivity index (χ0n) is 12.7. The highest BCUT2D eigenvalue weighted by Gasteiger charge is 2.15. The number of hydrogen-bond acceptors (Lipinski definition) is 5. The summed E-state index contributed by atoms with van der Waals surface area (Å²) in [5.41, 5.74) is 2.69. The van der Waals surface area contributed by atoms with Gasteiger partial charge in [-0.25, -0.2) is 0 Å². The molecule has 7 nitrogen and oxygen atoms in total. The van der Waals surface area contributed by atoms with E-state index < -0.39 is 10.8 Å². The Labute approximate surface area is 137 Å². The smallest absolute Gasteiger partial charge is 0.294 e. The van der Waals surface area contributed by atoms with Gasteiger partial charge in [0.2, 0.25) is 5.76 Å². The lowest BCUT2D eigenvalue weighted by Gasteiger charge is -2.01. The second kappa shape index (κ2) is 6.33. The van der Waals surface area contributed by atoms with Crippen molar-refractivity contribution in [2.75, 3.05) is 5.32 Å². The summed E-state index contributed by atoms with van der Waals surface area (Å²) in [6, 6.07) is 14.8. The summed E-state index contributed by atoms with van der Waals surface area (Å²) in [7, 11) is 0. The Balaban J connectivity index is 1.77. The Kier molecular flexibility index (Phi) is 4.07. The van der Waals surface area contributed by atoms with Gasteiger partial charge in [-0.1, -0.05) is 41.1 Å². The van der Waals surface area contributed by atoms with E-state index in [4.69, 9.17) is 4.52 Å². The molecule has 0 aliphatic heterocycles. The molecule has 1 N–H and O–H groups in total. The first-order valence-electron chi connectivity index (χ1n) is 7.12. The van der Waals surface area contributed by atoms with E-state index >= 15 is 0 Å². The fourth-order valence-electron chi connectivity index (χ4n) is 2.13. The van der Waals surface area contributed by atoms with E-state index in [2.05, 4.69) is 10.5 Å². The Hall–Kier alpha value is -3.48. The Morgan fingerprint density at radius 3 is 2.62 bits per heavy atom. The number of aromatic nitrogens is 1. The predicted molar refractivity (Wildman–Crippen MR) is 87.7 cm³/mol. The van der Waals surface area contributed by atoms with Crippen LogP contribution in [0.1, 0.15) is 16.1 Å². The molecule has 0 saturated carbocycles. The third kappa shape index (κ3) is 3.30. The van der Waals surface area contributed by atoms with E-state index in [0.29, 0.717) is 11.4 Å². The van der Waals surface area contributed by atoms with Crippen LogP contribution >= 0.6 is 0 Å². The quantitative estimate of drug-likeness (QED) is 0.581. The van der Waals surface area contributed by atoms with Crippen LogP contribution in [0.2, 0.25) is 0 Å². The van der Waals surface area contributed by atoms with Crippen LogP contribution in [0.25, 0.3) is 11.3 Å². The molecule has 7 heteroatoms. The molecule has 24 heavy (non-hydrogen) atoms. The number of nitrogens with one attached hydrogen (secondary N) is 1. The van der Waals surface area contributed by atoms with Gasteiger partial charge in [0.25, 0.3) is 11.6 Å². The summed E-state index contributed by atoms with van der Waals surface area (Å²) in [5.74, 6) is -0.501. The first kappa shape index (κ1) is 15.4. The highest BCUT2D eigenvalue weighted by atomic mass is 16.6. The molecule has 0 saturated heterocycles. The number of nitro groups is 1. The van der Waals surface area contributed by atoms with E-state index in [9.17, 15) is 14.9 Å². The molecule has 0 radical (unpaired) electrons. The number of amides is 1. The molecule has 0 atom stereocenters. The van der Waals surface area contributed by atoms with Crippen molar-refractivity contribution >= 4 is 17.3 Å². The minimum atomic E-state index is -0.528. The molecule has 0 unspecified atom stereocenters. The van der Waals surface area contributed by atoms with Gasteiger partial charge >= 0.3 is 0 Å². The van der Waals surface area contributed by atoms with Gasteiger partial charge in [0.05, 0.1) is 4.92 Å². The number of carbonyl (C=O) groups excluding carboxylic acids is 1. The van der Waals surface area contributed by atoms with Crippen LogP contribution in [0.5, 0.6) is 0 Å². The van der Waals surface area contributed by atoms with Crippen molar-refractivity contribution in [3.05, 3.63) is 76.0 Å². The van der Waals surface area contributed by atoms with E-state index in [1.54, 1.807) is 6.07 Å². The van der Waals surface area contributed by atoms with Gasteiger partial charge < -0.3 is 9.84 Å². The van der Waals surface area contributed by atoms with Crippen LogP contribution < -0.4 is 5.32 Å². The van der Waals surface area contributed by atoms with Gasteiger partial charge in [0, 0.05) is 29.4 Å². The molecule has 0 aliphatic carbocycles. The summed E-state index contributed by atoms with van der Waals surface area (Å²) < 4.78 is 5.07. The van der Waals surface area contributed by atoms with Crippen LogP contribution in [0.15, 0.2) is 59.1 Å². The lowest BCUT2D eigenvalue weighted by atomic mass is 10.1. The lowest BCUT2D eigenvalue weighted by Crippen LogP contribution is -2.10. The maximum atomic E-state index is 12.2. The van der Waals surface area contributed by atoms with E-state index in [0.717, 1.165) is 11.1 Å². The van der Waals surface area contributed by atoms with Crippen LogP contribution in [0.4, 0.5) is 11.4 Å². The van der Waals surface area contributed by atoms with Crippen molar-refractivity contribution < 1.29 is 14.2 Å². The highest BCUT2D eigenvalue weighted by Crippen LogP contribution is 2.21. The van der Waals surface area contributed by atoms with Crippen molar-refractivity contribution in [2.24, 2.45) is 0 Å². The van der Waals surface area contributed by atoms with Gasteiger partial charge in [-0.2, -0.15) is 0 Å². The predicted octanol–water partition coefficient (Wildman–Crippen LogP) is 3.81. The third-order valence-corrected chi connectivity index (χ3v) is 3.40. The van der Waals surface area contributed by atoms with Crippen molar-refractivity contribution in [3.63, 3.8) is 0 Å². The normalized spacial score (nSPS) is 10.4. The molecule has 0 fully saturated rings. The van der Waals surface area contributed by atoms with Gasteiger partial charge in [0.15, 0.2) is 0 Å². The number of carbonyl (C=O) groups is 1. The molecule has 120 valence electrons. The summed E-state index contributed by atoms with van der Waals surface area (Å²) in [5, 5.41) is 17.2. The Bertz CT molecular complexity index is 900. The number of non-ortho nitro benzene ring substituents is 1. The molecular weight excluding hydrogens is 310 g/mol. The molecule has 1 aromatic heterocycles. The van der Waals surface area contributed by atoms with Crippen molar-refractivity contribution in [3.8, 4) is 11.3 Å². The maximum Gasteiger partial charge on any atom is 0.294 e. The fourth-order valence-corrected chi connectivity index (χ4v) is 2.13. The lowest BCUT2D eigenvalue weighted by molar-refractivity contribution is -0.384. The maximum absolute atomic E-state index is 12.2. The van der Waals surface area contributed by atoms with E-state index in [1.807, 2.05) is 31.2 Å². The number of anilines is 1. The van der Waals surface area contributed by atoms with Crippen molar-refractivity contribution in [1.29, 1.82) is 0 Å². The summed E-state index contributed by atoms with van der Waals surface area (Å²) in [4.78, 5) is 22.4. The number of nitro benzene ring substituents is 1. The molecule has 3 aromatic rings. The Morgan fingerprint density at radius 2 is 1.92 bits per heavy atom. The van der Waals surface area contributed by atoms with Gasteiger partial charge in [-0.15, -0.1) is 0 Å². The minimum absolute atomic E-state index is 0.0251. The first-order chi connectivity index (χ1) is 11.5. The topological polar surface area (TPSA) is 98.3 Å². The average molecular weight is 323 g/mol. The number of nitrogens with zero attached hydrogens (tertiary/aromatic N) is 2. The largest absolute Gasteiger partial charge is 0.350 e. The average Bonchev–Trinajstić information content (AvgIpc) is 3.06. The van der Waals surface area contributed by atoms with Crippen LogP contribution in [0.3, 0.4) is 0 Å². The molecule has 1 amide bonds. The van der Waals surface area contributed by atoms with Crippen LogP contribution in [-0.4, -0.2) is 16.0 Å².